The fourth-order valence-corrected chi connectivity index (χ4v) is 3.28. The Kier molecular flexibility index (Phi) is 5.43. The number of Topliss-reactive ketones (excluding diaryl/α,β-unsaturated/α-hetero) is 1. The van der Waals surface area contributed by atoms with E-state index in [0.29, 0.717) is 12.1 Å². The van der Waals surface area contributed by atoms with Crippen LogP contribution in [0.2, 0.25) is 0 Å². The van der Waals surface area contributed by atoms with E-state index < -0.39 is 12.1 Å². The number of pyridine rings is 1. The minimum atomic E-state index is -0.510. The number of ether oxygens (including phenoxy) is 1. The van der Waals surface area contributed by atoms with Gasteiger partial charge in [-0.05, 0) is 36.5 Å². The molecule has 2 atom stereocenters. The molecule has 2 aromatic rings. The number of anilines is 1. The lowest BCUT2D eigenvalue weighted by atomic mass is 9.84. The lowest BCUT2D eigenvalue weighted by molar-refractivity contribution is -0.123. The molecule has 0 radical (unpaired) electrons. The van der Waals surface area contributed by atoms with Gasteiger partial charge in [-0.25, -0.2) is 4.79 Å². The first-order chi connectivity index (χ1) is 12.2. The van der Waals surface area contributed by atoms with Crippen molar-refractivity contribution in [3.8, 4) is 0 Å². The largest absolute Gasteiger partial charge is 0.444 e. The molecule has 5 heteroatoms. The van der Waals surface area contributed by atoms with E-state index >= 15 is 0 Å². The SMILES string of the molecule is CC1CCCC(=O)C1N(C(=O)OCc1ccccc1)c1cccnc1. The van der Waals surface area contributed by atoms with Gasteiger partial charge in [0, 0.05) is 12.6 Å². The third-order valence-electron chi connectivity index (χ3n) is 4.56. The first-order valence-corrected chi connectivity index (χ1v) is 8.59. The van der Waals surface area contributed by atoms with Gasteiger partial charge in [-0.1, -0.05) is 37.3 Å². The van der Waals surface area contributed by atoms with Gasteiger partial charge < -0.3 is 4.74 Å². The molecule has 1 aliphatic rings. The number of nitrogens with zero attached hydrogens (tertiary/aromatic N) is 2. The highest BCUT2D eigenvalue weighted by Crippen LogP contribution is 2.30. The maximum absolute atomic E-state index is 12.8. The molecule has 130 valence electrons. The van der Waals surface area contributed by atoms with Crippen molar-refractivity contribution in [1.82, 2.24) is 4.98 Å². The molecule has 0 saturated heterocycles. The van der Waals surface area contributed by atoms with Crippen LogP contribution in [0.25, 0.3) is 0 Å². The Bertz CT molecular complexity index is 718. The smallest absolute Gasteiger partial charge is 0.415 e. The highest BCUT2D eigenvalue weighted by Gasteiger charge is 2.38. The number of rotatable bonds is 4. The third kappa shape index (κ3) is 4.05. The van der Waals surface area contributed by atoms with Crippen LogP contribution in [-0.2, 0) is 16.1 Å². The standard InChI is InChI=1S/C20H22N2O3/c1-15-7-5-11-18(23)19(15)22(17-10-6-12-21-13-17)20(24)25-14-16-8-3-2-4-9-16/h2-4,6,8-10,12-13,15,19H,5,7,11,14H2,1H3. The van der Waals surface area contributed by atoms with Gasteiger partial charge in [0.1, 0.15) is 12.6 Å². The number of hydrogen-bond acceptors (Lipinski definition) is 4. The predicted molar refractivity (Wildman–Crippen MR) is 95.2 cm³/mol. The van der Waals surface area contributed by atoms with Crippen molar-refractivity contribution < 1.29 is 14.3 Å². The van der Waals surface area contributed by atoms with E-state index in [1.807, 2.05) is 37.3 Å². The number of hydrogen-bond donors (Lipinski definition) is 0. The van der Waals surface area contributed by atoms with Crippen LogP contribution >= 0.6 is 0 Å². The Morgan fingerprint density at radius 1 is 1.24 bits per heavy atom. The summed E-state index contributed by atoms with van der Waals surface area (Å²) in [7, 11) is 0. The molecule has 1 aromatic carbocycles. The molecule has 1 fully saturated rings. The van der Waals surface area contributed by atoms with Crippen molar-refractivity contribution in [1.29, 1.82) is 0 Å². The van der Waals surface area contributed by atoms with Crippen LogP contribution in [0.1, 0.15) is 31.7 Å². The highest BCUT2D eigenvalue weighted by molar-refractivity contribution is 5.98. The zero-order valence-electron chi connectivity index (χ0n) is 14.3. The predicted octanol–water partition coefficient (Wildman–Crippen LogP) is 3.98. The minimum Gasteiger partial charge on any atom is -0.444 e. The van der Waals surface area contributed by atoms with Crippen molar-refractivity contribution in [3.63, 3.8) is 0 Å². The van der Waals surface area contributed by atoms with Crippen molar-refractivity contribution >= 4 is 17.6 Å². The van der Waals surface area contributed by atoms with Gasteiger partial charge in [-0.3, -0.25) is 14.7 Å². The molecule has 25 heavy (non-hydrogen) atoms. The second-order valence-electron chi connectivity index (χ2n) is 6.40. The molecular formula is C20H22N2O3. The summed E-state index contributed by atoms with van der Waals surface area (Å²) < 4.78 is 5.50. The molecule has 2 unspecified atom stereocenters. The second kappa shape index (κ2) is 7.92. The highest BCUT2D eigenvalue weighted by atomic mass is 16.6. The van der Waals surface area contributed by atoms with E-state index in [-0.39, 0.29) is 18.3 Å². The Labute approximate surface area is 147 Å². The summed E-state index contributed by atoms with van der Waals surface area (Å²) in [5.41, 5.74) is 1.50. The van der Waals surface area contributed by atoms with Crippen LogP contribution in [0.4, 0.5) is 10.5 Å². The van der Waals surface area contributed by atoms with Crippen LogP contribution in [0.5, 0.6) is 0 Å². The van der Waals surface area contributed by atoms with Crippen LogP contribution in [0.15, 0.2) is 54.9 Å². The molecule has 1 aliphatic carbocycles. The topological polar surface area (TPSA) is 59.5 Å². The summed E-state index contributed by atoms with van der Waals surface area (Å²) >= 11 is 0. The number of amides is 1. The molecular weight excluding hydrogens is 316 g/mol. The Morgan fingerprint density at radius 2 is 2.04 bits per heavy atom. The summed E-state index contributed by atoms with van der Waals surface area (Å²) in [6.45, 7) is 2.18. The molecule has 1 saturated carbocycles. The molecule has 1 heterocycles. The lowest BCUT2D eigenvalue weighted by Crippen LogP contribution is -2.51. The number of carbonyl (C=O) groups is 2. The van der Waals surface area contributed by atoms with E-state index in [0.717, 1.165) is 18.4 Å². The molecule has 1 aromatic heterocycles. The van der Waals surface area contributed by atoms with Crippen LogP contribution in [-0.4, -0.2) is 22.9 Å². The van der Waals surface area contributed by atoms with E-state index in [1.165, 1.54) is 4.90 Å². The van der Waals surface area contributed by atoms with Crippen molar-refractivity contribution in [3.05, 3.63) is 60.4 Å². The number of carbonyl (C=O) groups excluding carboxylic acids is 2. The number of benzene rings is 1. The summed E-state index contributed by atoms with van der Waals surface area (Å²) in [5.74, 6) is 0.171. The van der Waals surface area contributed by atoms with Gasteiger partial charge in [-0.2, -0.15) is 0 Å². The summed E-state index contributed by atoms with van der Waals surface area (Å²) in [6, 6.07) is 12.5. The van der Waals surface area contributed by atoms with Crippen LogP contribution in [0.3, 0.4) is 0 Å². The Hall–Kier alpha value is -2.69. The first kappa shape index (κ1) is 17.1. The van der Waals surface area contributed by atoms with Gasteiger partial charge in [-0.15, -0.1) is 0 Å². The molecule has 0 bridgehead atoms. The molecule has 1 amide bonds. The molecule has 0 spiro atoms. The van der Waals surface area contributed by atoms with Gasteiger partial charge in [0.2, 0.25) is 0 Å². The fourth-order valence-electron chi connectivity index (χ4n) is 3.28. The summed E-state index contributed by atoms with van der Waals surface area (Å²) in [4.78, 5) is 30.9. The zero-order chi connectivity index (χ0) is 17.6. The van der Waals surface area contributed by atoms with Crippen LogP contribution in [0, 0.1) is 5.92 Å². The quantitative estimate of drug-likeness (QED) is 0.846. The molecule has 0 N–H and O–H groups in total. The molecule has 0 aliphatic heterocycles. The zero-order valence-corrected chi connectivity index (χ0v) is 14.3. The van der Waals surface area contributed by atoms with E-state index in [2.05, 4.69) is 4.98 Å². The maximum atomic E-state index is 12.8. The van der Waals surface area contributed by atoms with Crippen molar-refractivity contribution in [2.75, 3.05) is 4.90 Å². The second-order valence-corrected chi connectivity index (χ2v) is 6.40. The van der Waals surface area contributed by atoms with E-state index in [9.17, 15) is 9.59 Å². The fraction of sp³-hybridized carbons (Fsp3) is 0.350. The maximum Gasteiger partial charge on any atom is 0.415 e. The van der Waals surface area contributed by atoms with Crippen molar-refractivity contribution in [2.45, 2.75) is 38.8 Å². The Balaban J connectivity index is 1.83. The van der Waals surface area contributed by atoms with Gasteiger partial charge >= 0.3 is 6.09 Å². The van der Waals surface area contributed by atoms with Crippen LogP contribution < -0.4 is 4.90 Å². The first-order valence-electron chi connectivity index (χ1n) is 8.59. The monoisotopic (exact) mass is 338 g/mol. The lowest BCUT2D eigenvalue weighted by Gasteiger charge is -2.36. The average molecular weight is 338 g/mol. The third-order valence-corrected chi connectivity index (χ3v) is 4.56. The Morgan fingerprint density at radius 3 is 2.72 bits per heavy atom. The van der Waals surface area contributed by atoms with Gasteiger partial charge in [0.05, 0.1) is 11.9 Å². The average Bonchev–Trinajstić information content (AvgIpc) is 2.64. The minimum absolute atomic E-state index is 0.0827. The molecule has 3 rings (SSSR count). The normalized spacial score (nSPS) is 20.1. The van der Waals surface area contributed by atoms with Gasteiger partial charge in [0.25, 0.3) is 0 Å². The van der Waals surface area contributed by atoms with E-state index in [1.54, 1.807) is 24.5 Å². The van der Waals surface area contributed by atoms with E-state index in [4.69, 9.17) is 4.74 Å². The van der Waals surface area contributed by atoms with Gasteiger partial charge in [0.15, 0.2) is 5.78 Å². The number of aromatic nitrogens is 1. The summed E-state index contributed by atoms with van der Waals surface area (Å²) in [5, 5.41) is 0. The molecule has 5 nitrogen and oxygen atoms in total. The summed E-state index contributed by atoms with van der Waals surface area (Å²) in [6.07, 6.45) is 5.01. The number of ketones is 1. The van der Waals surface area contributed by atoms with Crippen molar-refractivity contribution in [2.24, 2.45) is 5.92 Å².